The number of rotatable bonds is 8. The van der Waals surface area contributed by atoms with Crippen molar-refractivity contribution in [2.75, 3.05) is 13.7 Å². The average molecular weight is 390 g/mol. The molecule has 0 aliphatic carbocycles. The van der Waals surface area contributed by atoms with Gasteiger partial charge in [0.2, 0.25) is 5.88 Å². The highest BCUT2D eigenvalue weighted by molar-refractivity contribution is 5.81. The lowest BCUT2D eigenvalue weighted by atomic mass is 10.1. The van der Waals surface area contributed by atoms with Gasteiger partial charge in [0.1, 0.15) is 5.82 Å². The number of aryl methyl sites for hydroxylation is 1. The van der Waals surface area contributed by atoms with Crippen molar-refractivity contribution in [3.05, 3.63) is 66.1 Å². The van der Waals surface area contributed by atoms with Crippen molar-refractivity contribution in [2.45, 2.75) is 26.7 Å². The molecule has 2 aromatic heterocycles. The molecular formula is C23H26N4O2. The molecule has 0 saturated heterocycles. The van der Waals surface area contributed by atoms with E-state index in [1.54, 1.807) is 19.3 Å². The molecule has 0 radical (unpaired) electrons. The molecule has 0 saturated carbocycles. The number of hydrogen-bond acceptors (Lipinski definition) is 4. The number of hydrogen-bond donors (Lipinski definition) is 1. The summed E-state index contributed by atoms with van der Waals surface area (Å²) in [6.07, 6.45) is 10.1. The second-order valence-corrected chi connectivity index (χ2v) is 6.63. The van der Waals surface area contributed by atoms with Gasteiger partial charge in [0.05, 0.1) is 11.0 Å². The number of imidazole rings is 1. The number of carbonyl (C=O) groups excluding carboxylic acids is 1. The molecular weight excluding hydrogens is 364 g/mol. The van der Waals surface area contributed by atoms with Gasteiger partial charge in [0.15, 0.2) is 6.61 Å². The number of amides is 1. The molecule has 1 N–H and O–H groups in total. The Labute approximate surface area is 170 Å². The Morgan fingerprint density at radius 1 is 1.24 bits per heavy atom. The fourth-order valence-corrected chi connectivity index (χ4v) is 2.94. The van der Waals surface area contributed by atoms with Crippen LogP contribution in [0.4, 0.5) is 0 Å². The Hall–Kier alpha value is -3.41. The monoisotopic (exact) mass is 390 g/mol. The van der Waals surface area contributed by atoms with E-state index >= 15 is 0 Å². The van der Waals surface area contributed by atoms with Gasteiger partial charge in [-0.1, -0.05) is 31.6 Å². The third-order valence-corrected chi connectivity index (χ3v) is 4.53. The summed E-state index contributed by atoms with van der Waals surface area (Å²) in [5.74, 6) is 1.17. The van der Waals surface area contributed by atoms with E-state index in [0.29, 0.717) is 5.88 Å². The van der Waals surface area contributed by atoms with Crippen LogP contribution in [0.1, 0.15) is 31.2 Å². The maximum absolute atomic E-state index is 11.3. The lowest BCUT2D eigenvalue weighted by Crippen LogP contribution is -2.25. The Bertz CT molecular complexity index is 1030. The van der Waals surface area contributed by atoms with Crippen molar-refractivity contribution in [3.63, 3.8) is 0 Å². The van der Waals surface area contributed by atoms with Crippen LogP contribution < -0.4 is 10.1 Å². The first-order valence-corrected chi connectivity index (χ1v) is 9.74. The Balaban J connectivity index is 1.84. The van der Waals surface area contributed by atoms with Gasteiger partial charge in [0, 0.05) is 31.1 Å². The van der Waals surface area contributed by atoms with E-state index in [4.69, 9.17) is 4.74 Å². The van der Waals surface area contributed by atoms with E-state index in [1.165, 1.54) is 0 Å². The van der Waals surface area contributed by atoms with Crippen molar-refractivity contribution in [1.29, 1.82) is 0 Å². The second-order valence-electron chi connectivity index (χ2n) is 6.63. The number of pyridine rings is 1. The predicted molar refractivity (Wildman–Crippen MR) is 116 cm³/mol. The molecule has 0 fully saturated rings. The SMILES string of the molecule is CCC/C=C(/C=C\n1c(C)nc2ccccc21)c1ccc(OCC(=O)NC)nc1. The van der Waals surface area contributed by atoms with Crippen LogP contribution in [0, 0.1) is 6.92 Å². The summed E-state index contributed by atoms with van der Waals surface area (Å²) in [4.78, 5) is 20.2. The van der Waals surface area contributed by atoms with Crippen LogP contribution in [0.25, 0.3) is 22.8 Å². The fourth-order valence-electron chi connectivity index (χ4n) is 2.94. The number of unbranched alkanes of at least 4 members (excludes halogenated alkanes) is 1. The van der Waals surface area contributed by atoms with Crippen LogP contribution >= 0.6 is 0 Å². The quantitative estimate of drug-likeness (QED) is 0.585. The van der Waals surface area contributed by atoms with Crippen molar-refractivity contribution in [2.24, 2.45) is 0 Å². The number of allylic oxidation sites excluding steroid dienone is 3. The summed E-state index contributed by atoms with van der Waals surface area (Å²) in [7, 11) is 1.57. The fraction of sp³-hybridized carbons (Fsp3) is 0.261. The Kier molecular flexibility index (Phi) is 6.79. The normalized spacial score (nSPS) is 11.9. The van der Waals surface area contributed by atoms with E-state index in [2.05, 4.69) is 45.0 Å². The van der Waals surface area contributed by atoms with Gasteiger partial charge in [0.25, 0.3) is 5.91 Å². The maximum atomic E-state index is 11.3. The molecule has 0 atom stereocenters. The van der Waals surface area contributed by atoms with Gasteiger partial charge in [-0.2, -0.15) is 0 Å². The topological polar surface area (TPSA) is 69.0 Å². The number of carbonyl (C=O) groups is 1. The summed E-state index contributed by atoms with van der Waals surface area (Å²) < 4.78 is 7.47. The Morgan fingerprint density at radius 3 is 2.79 bits per heavy atom. The van der Waals surface area contributed by atoms with Gasteiger partial charge < -0.3 is 14.6 Å². The molecule has 0 aliphatic heterocycles. The van der Waals surface area contributed by atoms with Crippen molar-refractivity contribution >= 4 is 28.7 Å². The van der Waals surface area contributed by atoms with E-state index in [1.807, 2.05) is 37.4 Å². The maximum Gasteiger partial charge on any atom is 0.257 e. The first kappa shape index (κ1) is 20.3. The van der Waals surface area contributed by atoms with Gasteiger partial charge >= 0.3 is 0 Å². The standard InChI is InChI=1S/C23H26N4O2/c1-4-5-8-18(19-11-12-23(25-15-19)29-16-22(28)24-3)13-14-27-17(2)26-20-9-6-7-10-21(20)27/h6-15H,4-5,16H2,1-3H3,(H,24,28)/b14-13-,18-8-. The molecule has 150 valence electrons. The van der Waals surface area contributed by atoms with Gasteiger partial charge in [-0.05, 0) is 43.2 Å². The lowest BCUT2D eigenvalue weighted by molar-refractivity contribution is -0.122. The lowest BCUT2D eigenvalue weighted by Gasteiger charge is -2.07. The van der Waals surface area contributed by atoms with Crippen molar-refractivity contribution in [1.82, 2.24) is 19.9 Å². The molecule has 6 heteroatoms. The zero-order chi connectivity index (χ0) is 20.6. The molecule has 0 bridgehead atoms. The van der Waals surface area contributed by atoms with E-state index in [9.17, 15) is 4.79 Å². The highest BCUT2D eigenvalue weighted by atomic mass is 16.5. The van der Waals surface area contributed by atoms with Gasteiger partial charge in [-0.15, -0.1) is 0 Å². The van der Waals surface area contributed by atoms with E-state index in [0.717, 1.165) is 40.8 Å². The number of aromatic nitrogens is 3. The van der Waals surface area contributed by atoms with Crippen LogP contribution in [0.3, 0.4) is 0 Å². The highest BCUT2D eigenvalue weighted by Crippen LogP contribution is 2.21. The third-order valence-electron chi connectivity index (χ3n) is 4.53. The minimum Gasteiger partial charge on any atom is -0.468 e. The molecule has 29 heavy (non-hydrogen) atoms. The summed E-state index contributed by atoms with van der Waals surface area (Å²) in [6, 6.07) is 11.8. The molecule has 0 spiro atoms. The number of fused-ring (bicyclic) bond motifs is 1. The first-order valence-electron chi connectivity index (χ1n) is 9.74. The molecule has 0 aliphatic rings. The molecule has 1 aromatic carbocycles. The zero-order valence-electron chi connectivity index (χ0n) is 17.1. The molecule has 3 rings (SSSR count). The zero-order valence-corrected chi connectivity index (χ0v) is 17.1. The van der Waals surface area contributed by atoms with Crippen LogP contribution in [-0.4, -0.2) is 34.1 Å². The van der Waals surface area contributed by atoms with Gasteiger partial charge in [-0.25, -0.2) is 9.97 Å². The smallest absolute Gasteiger partial charge is 0.257 e. The summed E-state index contributed by atoms with van der Waals surface area (Å²) in [5, 5.41) is 2.52. The van der Waals surface area contributed by atoms with Crippen LogP contribution in [0.2, 0.25) is 0 Å². The minimum absolute atomic E-state index is 0.0474. The number of likely N-dealkylation sites (N-methyl/N-ethyl adjacent to an activating group) is 1. The predicted octanol–water partition coefficient (Wildman–Crippen LogP) is 4.22. The number of para-hydroxylation sites is 2. The summed E-state index contributed by atoms with van der Waals surface area (Å²) >= 11 is 0. The van der Waals surface area contributed by atoms with Crippen LogP contribution in [0.15, 0.2) is 54.7 Å². The Morgan fingerprint density at radius 2 is 2.07 bits per heavy atom. The van der Waals surface area contributed by atoms with E-state index < -0.39 is 0 Å². The highest BCUT2D eigenvalue weighted by Gasteiger charge is 2.06. The second kappa shape index (κ2) is 9.68. The van der Waals surface area contributed by atoms with Gasteiger partial charge in [-0.3, -0.25) is 4.79 Å². The third kappa shape index (κ3) is 5.10. The first-order chi connectivity index (χ1) is 14.1. The molecule has 1 amide bonds. The molecule has 3 aromatic rings. The van der Waals surface area contributed by atoms with Crippen molar-refractivity contribution in [3.8, 4) is 5.88 Å². The number of ether oxygens (including phenoxy) is 1. The average Bonchev–Trinajstić information content (AvgIpc) is 3.07. The number of benzene rings is 1. The number of nitrogens with zero attached hydrogens (tertiary/aromatic N) is 3. The summed E-state index contributed by atoms with van der Waals surface area (Å²) in [6.45, 7) is 4.10. The van der Waals surface area contributed by atoms with Crippen LogP contribution in [-0.2, 0) is 4.79 Å². The summed E-state index contributed by atoms with van der Waals surface area (Å²) in [5.41, 5.74) is 4.12. The molecule has 2 heterocycles. The largest absolute Gasteiger partial charge is 0.468 e. The van der Waals surface area contributed by atoms with Crippen molar-refractivity contribution < 1.29 is 9.53 Å². The van der Waals surface area contributed by atoms with Crippen LogP contribution in [0.5, 0.6) is 5.88 Å². The number of nitrogens with one attached hydrogen (secondary N) is 1. The van der Waals surface area contributed by atoms with E-state index in [-0.39, 0.29) is 12.5 Å². The minimum atomic E-state index is -0.190. The molecule has 0 unspecified atom stereocenters. The molecule has 6 nitrogen and oxygen atoms in total.